The topological polar surface area (TPSA) is 112 Å². The van der Waals surface area contributed by atoms with E-state index in [0.717, 1.165) is 36.0 Å². The molecule has 0 N–H and O–H groups in total. The van der Waals surface area contributed by atoms with Gasteiger partial charge in [-0.05, 0) is 69.4 Å². The summed E-state index contributed by atoms with van der Waals surface area (Å²) in [7, 11) is 7.27. The summed E-state index contributed by atoms with van der Waals surface area (Å²) in [5.74, 6) is 2.81. The second kappa shape index (κ2) is 11.6. The number of benzene rings is 2. The van der Waals surface area contributed by atoms with Crippen LogP contribution >= 0.6 is 0 Å². The number of aromatic nitrogens is 8. The monoisotopic (exact) mass is 488 g/mol. The Labute approximate surface area is 209 Å². The highest BCUT2D eigenvalue weighted by atomic mass is 16.5. The lowest BCUT2D eigenvalue weighted by atomic mass is 10.3. The molecule has 0 aliphatic carbocycles. The van der Waals surface area contributed by atoms with Gasteiger partial charge >= 0.3 is 0 Å². The molecular weight excluding hydrogens is 460 g/mol. The van der Waals surface area contributed by atoms with E-state index < -0.39 is 0 Å². The van der Waals surface area contributed by atoms with E-state index in [1.165, 1.54) is 0 Å². The quantitative estimate of drug-likeness (QED) is 0.311. The normalized spacial score (nSPS) is 11.3. The molecule has 12 heteroatoms. The first kappa shape index (κ1) is 24.4. The van der Waals surface area contributed by atoms with Gasteiger partial charge in [0.05, 0.1) is 25.6 Å². The van der Waals surface area contributed by atoms with Crippen LogP contribution in [-0.2, 0) is 0 Å². The summed E-state index contributed by atoms with van der Waals surface area (Å²) >= 11 is 0. The Morgan fingerprint density at radius 1 is 0.667 bits per heavy atom. The predicted molar refractivity (Wildman–Crippen MR) is 135 cm³/mol. The van der Waals surface area contributed by atoms with E-state index in [4.69, 9.17) is 9.47 Å². The smallest absolute Gasteiger partial charge is 0.181 e. The largest absolute Gasteiger partial charge is 0.497 e. The Balaban J connectivity index is 1.31. The van der Waals surface area contributed by atoms with Gasteiger partial charge in [0.1, 0.15) is 11.5 Å². The second-order valence-corrected chi connectivity index (χ2v) is 7.89. The van der Waals surface area contributed by atoms with Crippen LogP contribution in [0.3, 0.4) is 0 Å². The number of likely N-dealkylation sites (N-methyl/N-ethyl adjacent to an activating group) is 2. The molecule has 0 fully saturated rings. The molecule has 0 saturated carbocycles. The summed E-state index contributed by atoms with van der Waals surface area (Å²) in [6, 6.07) is 15.1. The SMILES string of the molecule is COc1ccc(-n2nnnc2/C=C/N(C)CCN(C)/C=C/c2nnnn2-c2ccc(OC)cc2)cc1. The molecule has 0 bridgehead atoms. The number of hydrogen-bond donors (Lipinski definition) is 0. The third-order valence-electron chi connectivity index (χ3n) is 5.38. The molecule has 0 saturated heterocycles. The molecule has 0 spiro atoms. The van der Waals surface area contributed by atoms with E-state index in [2.05, 4.69) is 40.9 Å². The van der Waals surface area contributed by atoms with Gasteiger partial charge in [-0.1, -0.05) is 0 Å². The van der Waals surface area contributed by atoms with Crippen LogP contribution in [0.2, 0.25) is 0 Å². The summed E-state index contributed by atoms with van der Waals surface area (Å²) < 4.78 is 13.8. The highest BCUT2D eigenvalue weighted by Crippen LogP contribution is 2.16. The van der Waals surface area contributed by atoms with Crippen LogP contribution < -0.4 is 9.47 Å². The van der Waals surface area contributed by atoms with Crippen molar-refractivity contribution in [1.82, 2.24) is 50.2 Å². The standard InChI is InChI=1S/C24H28N10O2/c1-31(15-13-23-25-27-29-33(23)19-5-9-21(35-3)10-6-19)17-18-32(2)16-14-24-26-28-30-34(24)20-7-11-22(36-4)12-8-20/h5-16H,17-18H2,1-4H3/b15-13+,16-14+. The number of methoxy groups -OCH3 is 2. The predicted octanol–water partition coefficient (Wildman–Crippen LogP) is 2.16. The molecule has 12 nitrogen and oxygen atoms in total. The van der Waals surface area contributed by atoms with E-state index in [0.29, 0.717) is 11.6 Å². The molecule has 186 valence electrons. The van der Waals surface area contributed by atoms with Gasteiger partial charge in [-0.3, -0.25) is 0 Å². The summed E-state index contributed by atoms with van der Waals surface area (Å²) in [5, 5.41) is 24.0. The fourth-order valence-electron chi connectivity index (χ4n) is 3.26. The molecule has 0 atom stereocenters. The van der Waals surface area contributed by atoms with Gasteiger partial charge < -0.3 is 19.3 Å². The van der Waals surface area contributed by atoms with Crippen LogP contribution in [0.1, 0.15) is 11.6 Å². The first-order valence-electron chi connectivity index (χ1n) is 11.2. The molecule has 0 amide bonds. The average Bonchev–Trinajstić information content (AvgIpc) is 3.59. The van der Waals surface area contributed by atoms with Crippen LogP contribution in [0, 0.1) is 0 Å². The van der Waals surface area contributed by atoms with Gasteiger partial charge in [0, 0.05) is 51.7 Å². The van der Waals surface area contributed by atoms with Gasteiger partial charge in [-0.15, -0.1) is 10.2 Å². The minimum atomic E-state index is 0.630. The van der Waals surface area contributed by atoms with Gasteiger partial charge in [-0.2, -0.15) is 9.36 Å². The third kappa shape index (κ3) is 6.03. The lowest BCUT2D eigenvalue weighted by Crippen LogP contribution is -2.24. The van der Waals surface area contributed by atoms with Crippen molar-refractivity contribution in [1.29, 1.82) is 0 Å². The van der Waals surface area contributed by atoms with Crippen molar-refractivity contribution in [2.45, 2.75) is 0 Å². The Morgan fingerprint density at radius 3 is 1.42 bits per heavy atom. The average molecular weight is 489 g/mol. The number of tetrazole rings is 2. The van der Waals surface area contributed by atoms with Crippen molar-refractivity contribution in [3.8, 4) is 22.9 Å². The van der Waals surface area contributed by atoms with Gasteiger partial charge in [0.2, 0.25) is 0 Å². The maximum Gasteiger partial charge on any atom is 0.181 e. The summed E-state index contributed by atoms with van der Waals surface area (Å²) in [5.41, 5.74) is 1.70. The fraction of sp³-hybridized carbons (Fsp3) is 0.250. The molecule has 0 unspecified atom stereocenters. The summed E-state index contributed by atoms with van der Waals surface area (Å²) in [4.78, 5) is 4.14. The van der Waals surface area contributed by atoms with Crippen molar-refractivity contribution in [3.05, 3.63) is 72.6 Å². The van der Waals surface area contributed by atoms with Crippen LogP contribution in [-0.4, -0.2) is 91.6 Å². The minimum absolute atomic E-state index is 0.630. The van der Waals surface area contributed by atoms with Crippen LogP contribution in [0.4, 0.5) is 0 Å². The Kier molecular flexibility index (Phi) is 7.86. The van der Waals surface area contributed by atoms with Crippen LogP contribution in [0.5, 0.6) is 11.5 Å². The second-order valence-electron chi connectivity index (χ2n) is 7.89. The highest BCUT2D eigenvalue weighted by Gasteiger charge is 2.07. The van der Waals surface area contributed by atoms with Gasteiger partial charge in [0.15, 0.2) is 11.6 Å². The Bertz CT molecular complexity index is 1190. The van der Waals surface area contributed by atoms with Crippen LogP contribution in [0.15, 0.2) is 60.9 Å². The zero-order valence-corrected chi connectivity index (χ0v) is 20.6. The highest BCUT2D eigenvalue weighted by molar-refractivity contribution is 5.46. The van der Waals surface area contributed by atoms with E-state index in [9.17, 15) is 0 Å². The maximum atomic E-state index is 5.21. The summed E-state index contributed by atoms with van der Waals surface area (Å²) in [6.45, 7) is 1.57. The molecule has 2 aromatic carbocycles. The number of hydrogen-bond acceptors (Lipinski definition) is 10. The van der Waals surface area contributed by atoms with Crippen molar-refractivity contribution < 1.29 is 9.47 Å². The molecule has 2 heterocycles. The minimum Gasteiger partial charge on any atom is -0.497 e. The third-order valence-corrected chi connectivity index (χ3v) is 5.38. The van der Waals surface area contributed by atoms with Crippen molar-refractivity contribution in [3.63, 3.8) is 0 Å². The fourth-order valence-corrected chi connectivity index (χ4v) is 3.26. The molecule has 0 aliphatic rings. The van der Waals surface area contributed by atoms with Gasteiger partial charge in [0.25, 0.3) is 0 Å². The zero-order chi connectivity index (χ0) is 25.3. The van der Waals surface area contributed by atoms with Crippen LogP contribution in [0.25, 0.3) is 23.5 Å². The molecule has 4 rings (SSSR count). The van der Waals surface area contributed by atoms with E-state index in [1.807, 2.05) is 87.2 Å². The first-order valence-corrected chi connectivity index (χ1v) is 11.2. The lowest BCUT2D eigenvalue weighted by Gasteiger charge is -2.19. The summed E-state index contributed by atoms with van der Waals surface area (Å²) in [6.07, 6.45) is 7.66. The maximum absolute atomic E-state index is 5.21. The number of nitrogens with zero attached hydrogens (tertiary/aromatic N) is 10. The Morgan fingerprint density at radius 2 is 1.06 bits per heavy atom. The molecule has 4 aromatic rings. The van der Waals surface area contributed by atoms with E-state index in [-0.39, 0.29) is 0 Å². The van der Waals surface area contributed by atoms with E-state index >= 15 is 0 Å². The number of rotatable bonds is 11. The molecule has 2 aromatic heterocycles. The van der Waals surface area contributed by atoms with Crippen molar-refractivity contribution in [2.75, 3.05) is 41.4 Å². The molecule has 0 radical (unpaired) electrons. The lowest BCUT2D eigenvalue weighted by molar-refractivity contribution is 0.367. The number of ether oxygens (including phenoxy) is 2. The van der Waals surface area contributed by atoms with Crippen molar-refractivity contribution in [2.24, 2.45) is 0 Å². The van der Waals surface area contributed by atoms with Gasteiger partial charge in [-0.25, -0.2) is 0 Å². The molecule has 36 heavy (non-hydrogen) atoms. The Hall–Kier alpha value is -4.74. The molecular formula is C24H28N10O2. The zero-order valence-electron chi connectivity index (χ0n) is 20.6. The first-order chi connectivity index (χ1) is 17.6. The van der Waals surface area contributed by atoms with E-state index in [1.54, 1.807) is 23.6 Å². The molecule has 0 aliphatic heterocycles. The van der Waals surface area contributed by atoms with Crippen molar-refractivity contribution >= 4 is 12.2 Å².